The Kier molecular flexibility index (Phi) is 3.58. The molecular formula is C17H24N2O. The zero-order valence-corrected chi connectivity index (χ0v) is 12.4. The molecular weight excluding hydrogens is 248 g/mol. The molecule has 0 radical (unpaired) electrons. The molecule has 3 nitrogen and oxygen atoms in total. The second-order valence-corrected chi connectivity index (χ2v) is 7.20. The fourth-order valence-corrected chi connectivity index (χ4v) is 5.32. The van der Waals surface area contributed by atoms with Crippen LogP contribution in [0.3, 0.4) is 0 Å². The molecule has 0 saturated heterocycles. The Morgan fingerprint density at radius 1 is 1.15 bits per heavy atom. The summed E-state index contributed by atoms with van der Waals surface area (Å²) in [5, 5.41) is 12.9. The minimum atomic E-state index is -0.124. The van der Waals surface area contributed by atoms with Crippen LogP contribution in [0.2, 0.25) is 0 Å². The first-order valence-electron chi connectivity index (χ1n) is 7.91. The highest BCUT2D eigenvalue weighted by molar-refractivity contribution is 5.87. The van der Waals surface area contributed by atoms with E-state index in [1.165, 1.54) is 32.1 Å². The van der Waals surface area contributed by atoms with Crippen LogP contribution in [-0.4, -0.2) is 11.8 Å². The molecule has 0 spiro atoms. The van der Waals surface area contributed by atoms with E-state index in [2.05, 4.69) is 11.4 Å². The molecule has 0 heterocycles. The van der Waals surface area contributed by atoms with Crippen molar-refractivity contribution in [1.82, 2.24) is 5.32 Å². The molecule has 4 aliphatic carbocycles. The standard InChI is InChI=1S/C17H24N2O/c1-10(3-11(2)20)19-16(9-18)17-14-5-12-4-13(7-14)8-15(17)6-12/h3,12-17,19H,4-8H2,1-2H3/b10-3-. The van der Waals surface area contributed by atoms with Gasteiger partial charge in [0.2, 0.25) is 0 Å². The van der Waals surface area contributed by atoms with Gasteiger partial charge in [-0.15, -0.1) is 0 Å². The first-order valence-corrected chi connectivity index (χ1v) is 7.91. The molecule has 3 heteroatoms. The van der Waals surface area contributed by atoms with Crippen LogP contribution in [-0.2, 0) is 4.79 Å². The fourth-order valence-electron chi connectivity index (χ4n) is 5.32. The van der Waals surface area contributed by atoms with E-state index in [4.69, 9.17) is 0 Å². The summed E-state index contributed by atoms with van der Waals surface area (Å²) in [7, 11) is 0. The van der Waals surface area contributed by atoms with Crippen LogP contribution in [0.1, 0.15) is 46.0 Å². The van der Waals surface area contributed by atoms with Crippen LogP contribution >= 0.6 is 0 Å². The van der Waals surface area contributed by atoms with Gasteiger partial charge in [0.05, 0.1) is 6.07 Å². The number of hydrogen-bond donors (Lipinski definition) is 1. The van der Waals surface area contributed by atoms with E-state index in [1.54, 1.807) is 13.0 Å². The molecule has 0 aromatic heterocycles. The summed E-state index contributed by atoms with van der Waals surface area (Å²) < 4.78 is 0. The Labute approximate surface area is 121 Å². The third-order valence-electron chi connectivity index (χ3n) is 5.63. The maximum Gasteiger partial charge on any atom is 0.154 e. The summed E-state index contributed by atoms with van der Waals surface area (Å²) in [6, 6.07) is 2.35. The predicted molar refractivity (Wildman–Crippen MR) is 77.5 cm³/mol. The quantitative estimate of drug-likeness (QED) is 0.800. The van der Waals surface area contributed by atoms with Gasteiger partial charge >= 0.3 is 0 Å². The molecule has 4 fully saturated rings. The van der Waals surface area contributed by atoms with Gasteiger partial charge in [0.1, 0.15) is 6.04 Å². The Bertz CT molecular complexity index is 446. The van der Waals surface area contributed by atoms with E-state index in [0.717, 1.165) is 29.4 Å². The molecule has 1 atom stereocenters. The average molecular weight is 272 g/mol. The minimum Gasteiger partial charge on any atom is -0.373 e. The van der Waals surface area contributed by atoms with Gasteiger partial charge in [0.25, 0.3) is 0 Å². The molecule has 4 saturated carbocycles. The number of carbonyl (C=O) groups is 1. The van der Waals surface area contributed by atoms with Crippen molar-refractivity contribution in [2.24, 2.45) is 29.6 Å². The Morgan fingerprint density at radius 3 is 2.15 bits per heavy atom. The Morgan fingerprint density at radius 2 is 1.70 bits per heavy atom. The van der Waals surface area contributed by atoms with Gasteiger partial charge in [-0.05, 0) is 81.6 Å². The van der Waals surface area contributed by atoms with E-state index in [1.807, 2.05) is 6.92 Å². The van der Waals surface area contributed by atoms with Gasteiger partial charge in [-0.2, -0.15) is 5.26 Å². The molecule has 0 aliphatic heterocycles. The van der Waals surface area contributed by atoms with Crippen molar-refractivity contribution in [3.8, 4) is 6.07 Å². The first kappa shape index (κ1) is 13.7. The summed E-state index contributed by atoms with van der Waals surface area (Å²) in [6.45, 7) is 3.44. The van der Waals surface area contributed by atoms with Crippen LogP contribution in [0.5, 0.6) is 0 Å². The van der Waals surface area contributed by atoms with E-state index in [9.17, 15) is 10.1 Å². The molecule has 4 rings (SSSR count). The van der Waals surface area contributed by atoms with Crippen LogP contribution in [0, 0.1) is 40.9 Å². The number of allylic oxidation sites excluding steroid dienone is 2. The second kappa shape index (κ2) is 5.24. The van der Waals surface area contributed by atoms with Gasteiger partial charge in [0.15, 0.2) is 5.78 Å². The molecule has 0 aromatic rings. The van der Waals surface area contributed by atoms with Gasteiger partial charge in [-0.1, -0.05) is 0 Å². The fraction of sp³-hybridized carbons (Fsp3) is 0.765. The molecule has 0 amide bonds. The van der Waals surface area contributed by atoms with Crippen molar-refractivity contribution in [2.45, 2.75) is 52.0 Å². The minimum absolute atomic E-state index is 0.0387. The van der Waals surface area contributed by atoms with Crippen LogP contribution in [0.25, 0.3) is 0 Å². The van der Waals surface area contributed by atoms with Crippen molar-refractivity contribution in [3.05, 3.63) is 11.8 Å². The maximum absolute atomic E-state index is 11.1. The highest BCUT2D eigenvalue weighted by atomic mass is 16.1. The summed E-state index contributed by atoms with van der Waals surface area (Å²) >= 11 is 0. The lowest BCUT2D eigenvalue weighted by atomic mass is 9.50. The summed E-state index contributed by atoms with van der Waals surface area (Å²) in [5.74, 6) is 3.85. The first-order chi connectivity index (χ1) is 9.56. The molecule has 4 bridgehead atoms. The van der Waals surface area contributed by atoms with E-state index >= 15 is 0 Å². The van der Waals surface area contributed by atoms with Crippen molar-refractivity contribution in [2.75, 3.05) is 0 Å². The van der Waals surface area contributed by atoms with Crippen LogP contribution in [0.15, 0.2) is 11.8 Å². The van der Waals surface area contributed by atoms with E-state index in [-0.39, 0.29) is 11.8 Å². The SMILES string of the molecule is CC(=O)/C=C(/C)NC(C#N)C1C2CC3CC(C2)CC1C3. The maximum atomic E-state index is 11.1. The van der Waals surface area contributed by atoms with Crippen molar-refractivity contribution in [1.29, 1.82) is 5.26 Å². The lowest BCUT2D eigenvalue weighted by Crippen LogP contribution is -2.52. The number of nitrogens with one attached hydrogen (secondary N) is 1. The molecule has 0 aromatic carbocycles. The van der Waals surface area contributed by atoms with Gasteiger partial charge in [-0.3, -0.25) is 4.79 Å². The number of nitrogens with zero attached hydrogens (tertiary/aromatic N) is 1. The monoisotopic (exact) mass is 272 g/mol. The van der Waals surface area contributed by atoms with Gasteiger partial charge in [0, 0.05) is 5.70 Å². The zero-order chi connectivity index (χ0) is 14.3. The Hall–Kier alpha value is -1.30. The molecule has 1 unspecified atom stereocenters. The lowest BCUT2D eigenvalue weighted by Gasteiger charge is -2.55. The average Bonchev–Trinajstić information content (AvgIpc) is 2.35. The predicted octanol–water partition coefficient (Wildman–Crippen LogP) is 3.03. The lowest BCUT2D eigenvalue weighted by molar-refractivity contribution is -0.112. The third-order valence-corrected chi connectivity index (χ3v) is 5.63. The van der Waals surface area contributed by atoms with Crippen molar-refractivity contribution < 1.29 is 4.79 Å². The van der Waals surface area contributed by atoms with Gasteiger partial charge in [-0.25, -0.2) is 0 Å². The highest BCUT2D eigenvalue weighted by Crippen LogP contribution is 2.57. The summed E-state index contributed by atoms with van der Waals surface area (Å²) in [5.41, 5.74) is 0.831. The van der Waals surface area contributed by atoms with E-state index in [0.29, 0.717) is 5.92 Å². The largest absolute Gasteiger partial charge is 0.373 e. The highest BCUT2D eigenvalue weighted by Gasteiger charge is 2.50. The topological polar surface area (TPSA) is 52.9 Å². The van der Waals surface area contributed by atoms with Crippen LogP contribution < -0.4 is 5.32 Å². The number of hydrogen-bond acceptors (Lipinski definition) is 3. The molecule has 20 heavy (non-hydrogen) atoms. The number of carbonyl (C=O) groups excluding carboxylic acids is 1. The second-order valence-electron chi connectivity index (χ2n) is 7.20. The summed E-state index contributed by atoms with van der Waals surface area (Å²) in [4.78, 5) is 11.1. The molecule has 4 aliphatic rings. The third kappa shape index (κ3) is 2.49. The Balaban J connectivity index is 1.74. The smallest absolute Gasteiger partial charge is 0.154 e. The number of ketones is 1. The number of rotatable bonds is 4. The molecule has 1 N–H and O–H groups in total. The van der Waals surface area contributed by atoms with E-state index < -0.39 is 0 Å². The summed E-state index contributed by atoms with van der Waals surface area (Å²) in [6.07, 6.45) is 8.34. The zero-order valence-electron chi connectivity index (χ0n) is 12.4. The van der Waals surface area contributed by atoms with Crippen molar-refractivity contribution in [3.63, 3.8) is 0 Å². The van der Waals surface area contributed by atoms with Crippen LogP contribution in [0.4, 0.5) is 0 Å². The van der Waals surface area contributed by atoms with Gasteiger partial charge < -0.3 is 5.32 Å². The molecule has 108 valence electrons. The normalized spacial score (nSPS) is 40.2. The van der Waals surface area contributed by atoms with Crippen molar-refractivity contribution >= 4 is 5.78 Å². The number of nitriles is 1.